The Hall–Kier alpha value is -3.45. The van der Waals surface area contributed by atoms with Crippen molar-refractivity contribution in [2.75, 3.05) is 13.1 Å². The number of rotatable bonds is 9. The highest BCUT2D eigenvalue weighted by Crippen LogP contribution is 2.29. The second-order valence-electron chi connectivity index (χ2n) is 9.51. The van der Waals surface area contributed by atoms with Crippen LogP contribution in [-0.2, 0) is 17.9 Å². The lowest BCUT2D eigenvalue weighted by atomic mass is 10.0. The molecule has 0 fully saturated rings. The molecule has 2 aromatic carbocycles. The van der Waals surface area contributed by atoms with Crippen molar-refractivity contribution in [3.05, 3.63) is 65.1 Å². The number of amides is 1. The number of hydrogen-bond acceptors (Lipinski definition) is 4. The van der Waals surface area contributed by atoms with Crippen molar-refractivity contribution >= 4 is 27.8 Å². The van der Waals surface area contributed by atoms with Crippen molar-refractivity contribution in [1.29, 1.82) is 0 Å². The van der Waals surface area contributed by atoms with Gasteiger partial charge in [0.2, 0.25) is 5.91 Å². The zero-order chi connectivity index (χ0) is 25.1. The molecule has 1 amide bonds. The third-order valence-electron chi connectivity index (χ3n) is 6.51. The number of para-hydroxylation sites is 3. The number of carbonyl (C=O) groups is 1. The molecule has 1 unspecified atom stereocenters. The monoisotopic (exact) mass is 473 g/mol. The highest BCUT2D eigenvalue weighted by atomic mass is 16.2. The van der Waals surface area contributed by atoms with Crippen LogP contribution in [0, 0.1) is 5.92 Å². The van der Waals surface area contributed by atoms with Crippen LogP contribution in [0.4, 0.5) is 0 Å². The van der Waals surface area contributed by atoms with E-state index in [4.69, 9.17) is 10.7 Å². The summed E-state index contributed by atoms with van der Waals surface area (Å²) >= 11 is 0. The van der Waals surface area contributed by atoms with Crippen molar-refractivity contribution < 1.29 is 4.79 Å². The van der Waals surface area contributed by atoms with Crippen molar-refractivity contribution in [3.63, 3.8) is 0 Å². The van der Waals surface area contributed by atoms with E-state index >= 15 is 0 Å². The van der Waals surface area contributed by atoms with Gasteiger partial charge in [-0.3, -0.25) is 9.59 Å². The van der Waals surface area contributed by atoms with Gasteiger partial charge in [-0.25, -0.2) is 4.98 Å². The summed E-state index contributed by atoms with van der Waals surface area (Å²) in [6.45, 7) is 10.2. The average Bonchev–Trinajstić information content (AvgIpc) is 3.19. The summed E-state index contributed by atoms with van der Waals surface area (Å²) in [5.74, 6) is 0.487. The summed E-state index contributed by atoms with van der Waals surface area (Å²) in [4.78, 5) is 33.3. The van der Waals surface area contributed by atoms with E-state index in [1.807, 2.05) is 78.0 Å². The Morgan fingerprint density at radius 3 is 2.37 bits per heavy atom. The summed E-state index contributed by atoms with van der Waals surface area (Å²) < 4.78 is 3.69. The molecule has 0 bridgehead atoms. The van der Waals surface area contributed by atoms with Crippen LogP contribution in [0.3, 0.4) is 0 Å². The van der Waals surface area contributed by atoms with Gasteiger partial charge in [0.05, 0.1) is 11.0 Å². The van der Waals surface area contributed by atoms with E-state index in [1.54, 1.807) is 4.57 Å². The first-order chi connectivity index (χ1) is 16.8. The van der Waals surface area contributed by atoms with Crippen LogP contribution in [0.1, 0.15) is 34.1 Å². The predicted octanol–water partition coefficient (Wildman–Crippen LogP) is 4.26. The zero-order valence-electron chi connectivity index (χ0n) is 21.1. The molecule has 184 valence electrons. The fraction of sp³-hybridized carbons (Fsp3) is 0.393. The Morgan fingerprint density at radius 2 is 1.69 bits per heavy atom. The molecule has 0 aliphatic rings. The van der Waals surface area contributed by atoms with Crippen LogP contribution >= 0.6 is 0 Å². The molecule has 2 N–H and O–H groups in total. The lowest BCUT2D eigenvalue weighted by Crippen LogP contribution is -2.34. The minimum absolute atomic E-state index is 0.0471. The number of benzene rings is 2. The molecule has 35 heavy (non-hydrogen) atoms. The predicted molar refractivity (Wildman–Crippen MR) is 142 cm³/mol. The first kappa shape index (κ1) is 24.7. The van der Waals surface area contributed by atoms with E-state index < -0.39 is 0 Å². The summed E-state index contributed by atoms with van der Waals surface area (Å²) in [7, 11) is 0. The lowest BCUT2D eigenvalue weighted by Gasteiger charge is -2.19. The van der Waals surface area contributed by atoms with E-state index in [0.717, 1.165) is 33.9 Å². The Balaban J connectivity index is 1.87. The SMILES string of the molecule is CCN(CC)C(=O)Cn1cc(-c2nc3ccccc3n(CC(N)CC(C)C)c2=O)c2ccccc21. The molecule has 0 radical (unpaired) electrons. The molecule has 0 saturated carbocycles. The minimum atomic E-state index is -0.166. The van der Waals surface area contributed by atoms with Crippen molar-refractivity contribution in [1.82, 2.24) is 19.0 Å². The van der Waals surface area contributed by atoms with Gasteiger partial charge in [-0.1, -0.05) is 44.2 Å². The van der Waals surface area contributed by atoms with Gasteiger partial charge in [0.1, 0.15) is 12.2 Å². The summed E-state index contributed by atoms with van der Waals surface area (Å²) in [6, 6.07) is 15.4. The molecule has 0 aliphatic carbocycles. The Bertz CT molecular complexity index is 1400. The van der Waals surface area contributed by atoms with E-state index in [2.05, 4.69) is 13.8 Å². The molecule has 4 rings (SSSR count). The molecule has 4 aromatic rings. The van der Waals surface area contributed by atoms with E-state index in [0.29, 0.717) is 31.2 Å². The van der Waals surface area contributed by atoms with E-state index in [9.17, 15) is 9.59 Å². The van der Waals surface area contributed by atoms with Crippen molar-refractivity contribution in [3.8, 4) is 11.3 Å². The van der Waals surface area contributed by atoms with Gasteiger partial charge in [-0.15, -0.1) is 0 Å². The smallest absolute Gasteiger partial charge is 0.277 e. The molecule has 0 saturated heterocycles. The first-order valence-corrected chi connectivity index (χ1v) is 12.4. The molecule has 0 aliphatic heterocycles. The number of fused-ring (bicyclic) bond motifs is 2. The minimum Gasteiger partial charge on any atom is -0.342 e. The van der Waals surface area contributed by atoms with Crippen molar-refractivity contribution in [2.45, 2.75) is 53.2 Å². The van der Waals surface area contributed by atoms with Gasteiger partial charge in [-0.2, -0.15) is 0 Å². The zero-order valence-corrected chi connectivity index (χ0v) is 21.1. The molecule has 2 heterocycles. The van der Waals surface area contributed by atoms with Crippen LogP contribution < -0.4 is 11.3 Å². The van der Waals surface area contributed by atoms with Crippen LogP contribution in [0.25, 0.3) is 33.2 Å². The molecule has 0 spiro atoms. The van der Waals surface area contributed by atoms with Crippen LogP contribution in [0.15, 0.2) is 59.5 Å². The number of hydrogen-bond donors (Lipinski definition) is 1. The molecule has 7 heteroatoms. The van der Waals surface area contributed by atoms with E-state index in [1.165, 1.54) is 0 Å². The Labute approximate surface area is 206 Å². The van der Waals surface area contributed by atoms with Gasteiger partial charge >= 0.3 is 0 Å². The average molecular weight is 474 g/mol. The number of carbonyl (C=O) groups excluding carboxylic acids is 1. The highest BCUT2D eigenvalue weighted by Gasteiger charge is 2.20. The maximum atomic E-state index is 13.8. The second kappa shape index (κ2) is 10.4. The van der Waals surface area contributed by atoms with Gasteiger partial charge < -0.3 is 19.8 Å². The van der Waals surface area contributed by atoms with Gasteiger partial charge in [0, 0.05) is 48.3 Å². The maximum absolute atomic E-state index is 13.8. The van der Waals surface area contributed by atoms with Crippen molar-refractivity contribution in [2.24, 2.45) is 11.7 Å². The topological polar surface area (TPSA) is 86.2 Å². The third kappa shape index (κ3) is 5.00. The van der Waals surface area contributed by atoms with Gasteiger partial charge in [0.25, 0.3) is 5.56 Å². The normalized spacial score (nSPS) is 12.5. The standard InChI is InChI=1S/C28H35N5O2/c1-5-31(6-2)26(34)18-32-17-22(21-11-7-9-13-24(21)32)27-28(35)33(16-20(29)15-19(3)4)25-14-10-8-12-23(25)30-27/h7-14,17,19-20H,5-6,15-16,18,29H2,1-4H3. The Kier molecular flexibility index (Phi) is 7.36. The molecular formula is C28H35N5O2. The van der Waals surface area contributed by atoms with Crippen LogP contribution in [0.2, 0.25) is 0 Å². The fourth-order valence-electron chi connectivity index (χ4n) is 4.85. The quantitative estimate of drug-likeness (QED) is 0.394. The van der Waals surface area contributed by atoms with E-state index in [-0.39, 0.29) is 24.1 Å². The largest absolute Gasteiger partial charge is 0.342 e. The molecule has 7 nitrogen and oxygen atoms in total. The first-order valence-electron chi connectivity index (χ1n) is 12.4. The number of nitrogens with zero attached hydrogens (tertiary/aromatic N) is 4. The molecule has 2 aromatic heterocycles. The summed E-state index contributed by atoms with van der Waals surface area (Å²) in [5.41, 5.74) is 9.81. The second-order valence-corrected chi connectivity index (χ2v) is 9.51. The number of nitrogens with two attached hydrogens (primary N) is 1. The number of likely N-dealkylation sites (N-methyl/N-ethyl adjacent to an activating group) is 1. The lowest BCUT2D eigenvalue weighted by molar-refractivity contribution is -0.131. The van der Waals surface area contributed by atoms with Crippen LogP contribution in [0.5, 0.6) is 0 Å². The molecule has 1 atom stereocenters. The Morgan fingerprint density at radius 1 is 1.03 bits per heavy atom. The maximum Gasteiger partial charge on any atom is 0.277 e. The summed E-state index contributed by atoms with van der Waals surface area (Å²) in [6.07, 6.45) is 2.72. The third-order valence-corrected chi connectivity index (χ3v) is 6.51. The fourth-order valence-corrected chi connectivity index (χ4v) is 4.85. The van der Waals surface area contributed by atoms with Crippen LogP contribution in [-0.4, -0.2) is 44.1 Å². The molecular weight excluding hydrogens is 438 g/mol. The van der Waals surface area contributed by atoms with Gasteiger partial charge in [0.15, 0.2) is 0 Å². The van der Waals surface area contributed by atoms with Gasteiger partial charge in [-0.05, 0) is 44.4 Å². The number of aromatic nitrogens is 3. The summed E-state index contributed by atoms with van der Waals surface area (Å²) in [5, 5.41) is 0.901. The highest BCUT2D eigenvalue weighted by molar-refractivity contribution is 5.96.